The van der Waals surface area contributed by atoms with Crippen molar-refractivity contribution in [1.82, 2.24) is 0 Å². The van der Waals surface area contributed by atoms with E-state index in [2.05, 4.69) is 0 Å². The van der Waals surface area contributed by atoms with E-state index < -0.39 is 29.2 Å². The number of aliphatic hydroxyl groups excluding tert-OH is 1. The maximum Gasteiger partial charge on any atom is 0.239 e. The lowest BCUT2D eigenvalue weighted by Crippen LogP contribution is -2.58. The summed E-state index contributed by atoms with van der Waals surface area (Å²) in [5, 5.41) is 11.3. The van der Waals surface area contributed by atoms with E-state index in [0.29, 0.717) is 5.69 Å². The highest BCUT2D eigenvalue weighted by Gasteiger charge is 2.69. The molecule has 0 spiro atoms. The number of aliphatic hydroxyl groups is 1. The SMILES string of the molecule is C[C@H](O)C12c3ccccc3C(c3ccccc31)[C@@H]1C(=O)N(c3ccc(F)cc3)C(=O)[C@@H]12. The van der Waals surface area contributed by atoms with Crippen molar-refractivity contribution < 1.29 is 19.1 Å². The number of carbonyl (C=O) groups excluding carboxylic acids is 2. The molecule has 3 aromatic carbocycles. The maximum absolute atomic E-state index is 13.9. The van der Waals surface area contributed by atoms with Gasteiger partial charge in [-0.05, 0) is 53.4 Å². The lowest BCUT2D eigenvalue weighted by atomic mass is 9.46. The molecular formula is C26H20FNO3. The zero-order valence-electron chi connectivity index (χ0n) is 16.8. The Morgan fingerprint density at radius 3 is 1.97 bits per heavy atom. The Morgan fingerprint density at radius 1 is 0.871 bits per heavy atom. The van der Waals surface area contributed by atoms with E-state index in [1.54, 1.807) is 6.92 Å². The number of rotatable bonds is 2. The molecule has 3 atom stereocenters. The molecule has 3 aromatic rings. The van der Waals surface area contributed by atoms with Crippen LogP contribution in [-0.2, 0) is 15.0 Å². The minimum absolute atomic E-state index is 0.264. The number of anilines is 1. The molecule has 1 saturated heterocycles. The van der Waals surface area contributed by atoms with Crippen LogP contribution in [0, 0.1) is 17.7 Å². The minimum Gasteiger partial charge on any atom is -0.392 e. The van der Waals surface area contributed by atoms with Gasteiger partial charge in [-0.2, -0.15) is 0 Å². The Labute approximate surface area is 178 Å². The largest absolute Gasteiger partial charge is 0.392 e. The highest BCUT2D eigenvalue weighted by molar-refractivity contribution is 6.23. The fraction of sp³-hybridized carbons (Fsp3) is 0.231. The number of imide groups is 1. The van der Waals surface area contributed by atoms with Crippen LogP contribution in [-0.4, -0.2) is 23.0 Å². The van der Waals surface area contributed by atoms with E-state index in [1.807, 2.05) is 48.5 Å². The number of hydrogen-bond acceptors (Lipinski definition) is 3. The Morgan fingerprint density at radius 2 is 1.42 bits per heavy atom. The Hall–Kier alpha value is -3.31. The van der Waals surface area contributed by atoms with Gasteiger partial charge in [-0.15, -0.1) is 0 Å². The van der Waals surface area contributed by atoms with Gasteiger partial charge in [-0.1, -0.05) is 48.5 Å². The van der Waals surface area contributed by atoms with Crippen molar-refractivity contribution in [2.45, 2.75) is 24.4 Å². The van der Waals surface area contributed by atoms with Crippen LogP contribution in [0.2, 0.25) is 0 Å². The van der Waals surface area contributed by atoms with Crippen LogP contribution in [0.25, 0.3) is 0 Å². The summed E-state index contributed by atoms with van der Waals surface area (Å²) in [7, 11) is 0. The maximum atomic E-state index is 13.9. The number of hydrogen-bond donors (Lipinski definition) is 1. The normalized spacial score (nSPS) is 28.9. The molecule has 0 saturated carbocycles. The highest BCUT2D eigenvalue weighted by atomic mass is 19.1. The first-order valence-electron chi connectivity index (χ1n) is 10.5. The molecule has 154 valence electrons. The van der Waals surface area contributed by atoms with Gasteiger partial charge in [-0.25, -0.2) is 9.29 Å². The fourth-order valence-corrected chi connectivity index (χ4v) is 6.38. The lowest BCUT2D eigenvalue weighted by Gasteiger charge is -2.55. The summed E-state index contributed by atoms with van der Waals surface area (Å²) in [6, 6.07) is 21.1. The molecule has 4 nitrogen and oxygen atoms in total. The van der Waals surface area contributed by atoms with Crippen LogP contribution in [0.4, 0.5) is 10.1 Å². The molecule has 0 unspecified atom stereocenters. The van der Waals surface area contributed by atoms with E-state index in [9.17, 15) is 19.1 Å². The summed E-state index contributed by atoms with van der Waals surface area (Å²) in [5.74, 6) is -2.66. The summed E-state index contributed by atoms with van der Waals surface area (Å²) in [6.07, 6.45) is -0.895. The van der Waals surface area contributed by atoms with Gasteiger partial charge in [0.15, 0.2) is 0 Å². The quantitative estimate of drug-likeness (QED) is 0.651. The molecule has 1 fully saturated rings. The van der Waals surface area contributed by atoms with Gasteiger partial charge in [-0.3, -0.25) is 9.59 Å². The number of amides is 2. The molecular weight excluding hydrogens is 393 g/mol. The van der Waals surface area contributed by atoms with Crippen molar-refractivity contribution in [3.63, 3.8) is 0 Å². The number of halogens is 1. The van der Waals surface area contributed by atoms with E-state index in [1.165, 1.54) is 29.2 Å². The summed E-state index contributed by atoms with van der Waals surface area (Å²) in [6.45, 7) is 1.70. The second-order valence-electron chi connectivity index (χ2n) is 8.69. The van der Waals surface area contributed by atoms with Crippen molar-refractivity contribution in [2.75, 3.05) is 4.90 Å². The van der Waals surface area contributed by atoms with E-state index in [4.69, 9.17) is 0 Å². The molecule has 1 N–H and O–H groups in total. The number of nitrogens with zero attached hydrogens (tertiary/aromatic N) is 1. The lowest BCUT2D eigenvalue weighted by molar-refractivity contribution is -0.126. The van der Waals surface area contributed by atoms with Crippen LogP contribution in [0.3, 0.4) is 0 Å². The fourth-order valence-electron chi connectivity index (χ4n) is 6.38. The number of benzene rings is 3. The second kappa shape index (κ2) is 6.11. The predicted octanol–water partition coefficient (Wildman–Crippen LogP) is 3.76. The average Bonchev–Trinajstić information content (AvgIpc) is 3.05. The molecule has 5 heteroatoms. The Kier molecular flexibility index (Phi) is 3.64. The van der Waals surface area contributed by atoms with Gasteiger partial charge in [0, 0.05) is 5.92 Å². The zero-order chi connectivity index (χ0) is 21.5. The van der Waals surface area contributed by atoms with Crippen molar-refractivity contribution in [3.8, 4) is 0 Å². The topological polar surface area (TPSA) is 57.6 Å². The Balaban J connectivity index is 1.66. The average molecular weight is 413 g/mol. The summed E-state index contributed by atoms with van der Waals surface area (Å²) in [4.78, 5) is 28.8. The van der Waals surface area contributed by atoms with Crippen molar-refractivity contribution in [2.24, 2.45) is 11.8 Å². The molecule has 0 radical (unpaired) electrons. The van der Waals surface area contributed by atoms with Gasteiger partial charge in [0.1, 0.15) is 5.82 Å². The van der Waals surface area contributed by atoms with Crippen LogP contribution in [0.15, 0.2) is 72.8 Å². The van der Waals surface area contributed by atoms with Gasteiger partial charge in [0.05, 0.1) is 29.0 Å². The van der Waals surface area contributed by atoms with E-state index in [0.717, 1.165) is 22.3 Å². The predicted molar refractivity (Wildman–Crippen MR) is 113 cm³/mol. The molecule has 0 aromatic heterocycles. The van der Waals surface area contributed by atoms with Crippen LogP contribution in [0.5, 0.6) is 0 Å². The van der Waals surface area contributed by atoms with Crippen molar-refractivity contribution in [3.05, 3.63) is 101 Å². The Bertz CT molecular complexity index is 1200. The van der Waals surface area contributed by atoms with E-state index in [-0.39, 0.29) is 17.7 Å². The molecule has 4 aliphatic rings. The van der Waals surface area contributed by atoms with Crippen molar-refractivity contribution >= 4 is 17.5 Å². The second-order valence-corrected chi connectivity index (χ2v) is 8.69. The monoisotopic (exact) mass is 413 g/mol. The van der Waals surface area contributed by atoms with Crippen LogP contribution >= 0.6 is 0 Å². The molecule has 3 aliphatic carbocycles. The third kappa shape index (κ3) is 2.07. The molecule has 1 aliphatic heterocycles. The first-order chi connectivity index (χ1) is 15.0. The standard InChI is InChI=1S/C26H20FNO3/c1-14(29)26-19-8-4-2-6-17(19)21(18-7-3-5-9-20(18)26)22-23(26)25(31)28(24(22)30)16-12-10-15(27)11-13-16/h2-14,21-23,29H,1H3/t14-,21?,22-,23+,26?/m0/s1. The highest BCUT2D eigenvalue weighted by Crippen LogP contribution is 2.65. The van der Waals surface area contributed by atoms with Gasteiger partial charge in [0.2, 0.25) is 11.8 Å². The molecule has 7 rings (SSSR count). The van der Waals surface area contributed by atoms with Crippen LogP contribution < -0.4 is 4.90 Å². The van der Waals surface area contributed by atoms with Crippen molar-refractivity contribution in [1.29, 1.82) is 0 Å². The first-order valence-corrected chi connectivity index (χ1v) is 10.5. The molecule has 2 bridgehead atoms. The van der Waals surface area contributed by atoms with Gasteiger partial charge >= 0.3 is 0 Å². The van der Waals surface area contributed by atoms with Crippen LogP contribution in [0.1, 0.15) is 35.1 Å². The van der Waals surface area contributed by atoms with Gasteiger partial charge < -0.3 is 5.11 Å². The first kappa shape index (κ1) is 18.5. The third-order valence-electron chi connectivity index (χ3n) is 7.43. The minimum atomic E-state index is -1.02. The summed E-state index contributed by atoms with van der Waals surface area (Å²) in [5.41, 5.74) is 3.15. The zero-order valence-corrected chi connectivity index (χ0v) is 16.8. The summed E-state index contributed by atoms with van der Waals surface area (Å²) >= 11 is 0. The van der Waals surface area contributed by atoms with E-state index >= 15 is 0 Å². The third-order valence-corrected chi connectivity index (χ3v) is 7.43. The molecule has 2 amide bonds. The summed E-state index contributed by atoms with van der Waals surface area (Å²) < 4.78 is 13.5. The molecule has 31 heavy (non-hydrogen) atoms. The smallest absolute Gasteiger partial charge is 0.239 e. The number of carbonyl (C=O) groups is 2. The molecule has 1 heterocycles. The van der Waals surface area contributed by atoms with Gasteiger partial charge in [0.25, 0.3) is 0 Å².